The van der Waals surface area contributed by atoms with Gasteiger partial charge in [-0.3, -0.25) is 71.9 Å². The lowest BCUT2D eigenvalue weighted by Gasteiger charge is -2.46. The Bertz CT molecular complexity index is 3730. The van der Waals surface area contributed by atoms with E-state index in [2.05, 4.69) is 0 Å². The van der Waals surface area contributed by atoms with E-state index in [1.807, 2.05) is 76.2 Å². The second-order valence-electron chi connectivity index (χ2n) is 38.2. The molecule has 10 rings (SSSR count). The molecule has 0 bridgehead atoms. The first-order chi connectivity index (χ1) is 56.8. The van der Waals surface area contributed by atoms with Crippen LogP contribution < -0.4 is 0 Å². The molecule has 0 aliphatic carbocycles. The Morgan fingerprint density at radius 2 is 0.615 bits per heavy atom. The van der Waals surface area contributed by atoms with Gasteiger partial charge >= 0.3 is 5.79 Å². The predicted octanol–water partition coefficient (Wildman–Crippen LogP) is 7.91. The number of amides is 5. The molecule has 10 aliphatic rings. The van der Waals surface area contributed by atoms with Gasteiger partial charge in [-0.25, -0.2) is 0 Å². The molecule has 0 aromatic heterocycles. The van der Waals surface area contributed by atoms with Crippen molar-refractivity contribution in [2.45, 2.75) is 382 Å². The number of hydrogen-bond donors (Lipinski definition) is 5. The Hall–Kier alpha value is -6.39. The van der Waals surface area contributed by atoms with Crippen molar-refractivity contribution in [3.8, 4) is 0 Å². The number of methoxy groups -OCH3 is 1. The summed E-state index contributed by atoms with van der Waals surface area (Å²) in [5.41, 5.74) is 0. The van der Waals surface area contributed by atoms with Crippen LogP contribution in [0.15, 0.2) is 0 Å². The number of hydrogen-bond acceptors (Lipinski definition) is 26. The number of aliphatic hydroxyl groups is 5. The number of ketones is 10. The molecule has 0 aromatic carbocycles. The van der Waals surface area contributed by atoms with Crippen molar-refractivity contribution in [2.24, 2.45) is 65.1 Å². The fraction of sp³-hybridized carbons (Fsp3) is 0.835. The zero-order valence-corrected chi connectivity index (χ0v) is 76.8. The second kappa shape index (κ2) is 44.4. The summed E-state index contributed by atoms with van der Waals surface area (Å²) in [7, 11) is 1.57. The largest absolute Gasteiger partial charge is 0.379 e. The van der Waals surface area contributed by atoms with Gasteiger partial charge in [0.1, 0.15) is 0 Å². The number of likely N-dealkylation sites (tertiary alicyclic amines) is 5. The Morgan fingerprint density at radius 3 is 0.934 bits per heavy atom. The summed E-state index contributed by atoms with van der Waals surface area (Å²) >= 11 is 0. The van der Waals surface area contributed by atoms with Crippen molar-refractivity contribution >= 4 is 87.4 Å². The first kappa shape index (κ1) is 104. The molecule has 10 fully saturated rings. The fourth-order valence-corrected chi connectivity index (χ4v) is 19.0. The van der Waals surface area contributed by atoms with Crippen LogP contribution in [0.4, 0.5) is 0 Å². The minimum absolute atomic E-state index is 0.00170. The van der Waals surface area contributed by atoms with E-state index < -0.39 is 153 Å². The molecule has 22 atom stereocenters. The minimum Gasteiger partial charge on any atom is -0.379 e. The van der Waals surface area contributed by atoms with E-state index in [1.54, 1.807) is 41.7 Å². The van der Waals surface area contributed by atoms with Crippen LogP contribution in [0.2, 0.25) is 0 Å². The fourth-order valence-electron chi connectivity index (χ4n) is 19.0. The number of rotatable bonds is 20. The Labute approximate surface area is 721 Å². The standard InChI is InChI=1S/C19H31NO6.C19H31NO5.2C18H29NO5.C17H27NO5/c1-11(2)16-15(25-5)10-12(3)19(24,26-16)17(22)18(23)20-9-7-6-8-14(20)13(4)21;1-11(2)16-12(3)10-13(4)19(24,25-16)17(22)18(23)20-9-7-6-8-15(20)14(5)21;1-11(2)15-9-8-12(3)18(23,24-15)16(21)17(22)19-10-6-5-7-14(19)13(4)20;1-11(2)15-9-8-12(3)16(21)18(23,24-15)17(22)19-10-6-5-7-14(19)13(4)20;1-10(2)14-8-7-11(3)17(22,23-14)15(20)16(21)18-9-5-6-13(18)12(4)19/h11-12,14-16,24H,6-10H2,1-5H3;11-13,15-16,24H,6-10H2,1-5H3;2*11-12,14-15,23H,5-10H2,1-4H3;10-11,13-14,22H,5-9H2,1-4H3. The highest BCUT2D eigenvalue weighted by Gasteiger charge is 2.60. The molecule has 22 unspecified atom stereocenters. The number of nitrogens with zero attached hydrogens (tertiary/aromatic N) is 5. The van der Waals surface area contributed by atoms with Crippen molar-refractivity contribution in [1.29, 1.82) is 0 Å². The quantitative estimate of drug-likeness (QED) is 0.0570. The van der Waals surface area contributed by atoms with Crippen LogP contribution in [0.5, 0.6) is 0 Å². The van der Waals surface area contributed by atoms with E-state index in [-0.39, 0.29) is 94.9 Å². The van der Waals surface area contributed by atoms with E-state index in [4.69, 9.17) is 28.4 Å². The van der Waals surface area contributed by atoms with Crippen LogP contribution >= 0.6 is 0 Å². The van der Waals surface area contributed by atoms with Gasteiger partial charge < -0.3 is 78.5 Å². The van der Waals surface area contributed by atoms with Crippen LogP contribution in [-0.2, 0) is 100 Å². The van der Waals surface area contributed by atoms with Crippen molar-refractivity contribution in [2.75, 3.05) is 39.8 Å². The molecular formula is C91H147N5O26. The Morgan fingerprint density at radius 1 is 0.336 bits per heavy atom. The molecular weight excluding hydrogens is 1580 g/mol. The Balaban J connectivity index is 0.000000236. The summed E-state index contributed by atoms with van der Waals surface area (Å²) in [6.45, 7) is 39.0. The smallest absolute Gasteiger partial charge is 0.309 e. The van der Waals surface area contributed by atoms with E-state index in [1.165, 1.54) is 59.1 Å². The van der Waals surface area contributed by atoms with Crippen LogP contribution in [0.1, 0.15) is 287 Å². The third kappa shape index (κ3) is 23.9. The lowest BCUT2D eigenvalue weighted by Crippen LogP contribution is -2.63. The first-order valence-electron chi connectivity index (χ1n) is 45.1. The minimum atomic E-state index is -2.48. The molecule has 5 N–H and O–H groups in total. The predicted molar refractivity (Wildman–Crippen MR) is 447 cm³/mol. The molecule has 10 aliphatic heterocycles. The van der Waals surface area contributed by atoms with E-state index in [0.717, 1.165) is 64.2 Å². The van der Waals surface area contributed by atoms with Gasteiger partial charge in [0.25, 0.3) is 52.7 Å². The van der Waals surface area contributed by atoms with Crippen LogP contribution in [0, 0.1) is 65.1 Å². The summed E-state index contributed by atoms with van der Waals surface area (Å²) < 4.78 is 34.1. The lowest BCUT2D eigenvalue weighted by atomic mass is 9.78. The van der Waals surface area contributed by atoms with E-state index >= 15 is 0 Å². The lowest BCUT2D eigenvalue weighted by molar-refractivity contribution is -0.293. The van der Waals surface area contributed by atoms with Crippen molar-refractivity contribution in [3.63, 3.8) is 0 Å². The number of carbonyl (C=O) groups excluding carboxylic acids is 15. The average molecular weight is 1730 g/mol. The summed E-state index contributed by atoms with van der Waals surface area (Å²) in [6.07, 6.45) is 12.9. The van der Waals surface area contributed by atoms with Crippen LogP contribution in [0.25, 0.3) is 0 Å². The van der Waals surface area contributed by atoms with Crippen molar-refractivity contribution in [3.05, 3.63) is 0 Å². The van der Waals surface area contributed by atoms with Crippen LogP contribution in [-0.4, -0.2) is 273 Å². The molecule has 0 radical (unpaired) electrons. The van der Waals surface area contributed by atoms with Gasteiger partial charge in [0.15, 0.2) is 28.9 Å². The summed E-state index contributed by atoms with van der Waals surface area (Å²) in [4.78, 5) is 194. The normalized spacial score (nSPS) is 35.2. The number of piperidine rings is 4. The van der Waals surface area contributed by atoms with Gasteiger partial charge in [-0.1, -0.05) is 111 Å². The highest BCUT2D eigenvalue weighted by atomic mass is 16.7. The first-order valence-corrected chi connectivity index (χ1v) is 45.1. The van der Waals surface area contributed by atoms with Gasteiger partial charge in [-0.05, 0) is 211 Å². The highest BCUT2D eigenvalue weighted by Crippen LogP contribution is 2.44. The average Bonchev–Trinajstić information content (AvgIpc) is 1.34. The molecule has 0 aromatic rings. The van der Waals surface area contributed by atoms with Gasteiger partial charge in [0, 0.05) is 69.4 Å². The van der Waals surface area contributed by atoms with E-state index in [0.29, 0.717) is 110 Å². The second-order valence-corrected chi connectivity index (χ2v) is 38.2. The van der Waals surface area contributed by atoms with Gasteiger partial charge in [-0.15, -0.1) is 0 Å². The summed E-state index contributed by atoms with van der Waals surface area (Å²) in [5.74, 6) is -21.8. The van der Waals surface area contributed by atoms with Gasteiger partial charge in [0.2, 0.25) is 28.9 Å². The maximum absolute atomic E-state index is 13.0. The molecule has 0 spiro atoms. The molecule has 122 heavy (non-hydrogen) atoms. The third-order valence-corrected chi connectivity index (χ3v) is 27.1. The molecule has 10 saturated heterocycles. The zero-order valence-electron chi connectivity index (χ0n) is 76.8. The van der Waals surface area contributed by atoms with Crippen LogP contribution in [0.3, 0.4) is 0 Å². The molecule has 692 valence electrons. The molecule has 0 saturated carbocycles. The van der Waals surface area contributed by atoms with Gasteiger partial charge in [-0.2, -0.15) is 0 Å². The SMILES string of the molecule is CC(=O)C1CCCCN1C(=O)C(=O)C1(O)OC(C(C)C)C(C)CC1C.CC(=O)C1CCCCN1C(=O)C(=O)C1(O)OC(C(C)C)CCC1C.CC(=O)C1CCCCN1C(=O)C1(O)OC(C(C)C)CCC(C)C1=O.CC(=O)C1CCCN1C(=O)C(=O)C1(O)OC(C(C)C)CCC1C.COC1CC(C)C(O)(C(=O)C(=O)N2CCCCC2C(C)=O)OC1C(C)C. The van der Waals surface area contributed by atoms with E-state index in [9.17, 15) is 97.5 Å². The maximum atomic E-state index is 13.0. The molecule has 5 amide bonds. The van der Waals surface area contributed by atoms with Crippen molar-refractivity contribution in [1.82, 2.24) is 24.5 Å². The van der Waals surface area contributed by atoms with Gasteiger partial charge in [0.05, 0.1) is 66.8 Å². The Kier molecular flexibility index (Phi) is 38.0. The number of ether oxygens (including phenoxy) is 6. The third-order valence-electron chi connectivity index (χ3n) is 27.1. The highest BCUT2D eigenvalue weighted by molar-refractivity contribution is 6.41. The number of Topliss-reactive ketones (excluding diaryl/α,β-unsaturated/α-hetero) is 10. The zero-order chi connectivity index (χ0) is 92.1. The van der Waals surface area contributed by atoms with Crippen molar-refractivity contribution < 1.29 is 126 Å². The molecule has 31 nitrogen and oxygen atoms in total. The summed E-state index contributed by atoms with van der Waals surface area (Å²) in [5, 5.41) is 54.6. The topological polar surface area (TPSA) is 429 Å². The number of carbonyl (C=O) groups is 15. The molecule has 10 heterocycles. The maximum Gasteiger partial charge on any atom is 0.309 e. The monoisotopic (exact) mass is 1730 g/mol. The summed E-state index contributed by atoms with van der Waals surface area (Å²) in [6, 6.07) is -2.89. The molecule has 31 heteroatoms.